The van der Waals surface area contributed by atoms with Crippen molar-refractivity contribution < 1.29 is 19.1 Å². The van der Waals surface area contributed by atoms with Crippen molar-refractivity contribution in [2.45, 2.75) is 39.2 Å². The summed E-state index contributed by atoms with van der Waals surface area (Å²) in [6, 6.07) is 5.74. The molecule has 0 N–H and O–H groups in total. The molecule has 2 rings (SSSR count). The smallest absolute Gasteiger partial charge is 0.274 e. The highest BCUT2D eigenvalue weighted by Crippen LogP contribution is 2.27. The van der Waals surface area contributed by atoms with Gasteiger partial charge in [0.1, 0.15) is 5.69 Å². The Labute approximate surface area is 184 Å². The second kappa shape index (κ2) is 11.9. The minimum absolute atomic E-state index is 0.000578. The van der Waals surface area contributed by atoms with Crippen LogP contribution >= 0.6 is 0 Å². The zero-order valence-corrected chi connectivity index (χ0v) is 19.0. The van der Waals surface area contributed by atoms with Gasteiger partial charge in [-0.05, 0) is 37.5 Å². The third kappa shape index (κ3) is 6.67. The highest BCUT2D eigenvalue weighted by molar-refractivity contribution is 5.92. The molecule has 0 fully saturated rings. The van der Waals surface area contributed by atoms with Crippen LogP contribution in [-0.2, 0) is 11.2 Å². The normalized spacial score (nSPS) is 11.5. The number of ether oxygens (including phenoxy) is 2. The van der Waals surface area contributed by atoms with Crippen LogP contribution in [0, 0.1) is 0 Å². The SMILES string of the molecule is CCC(C)N(CCC(=O)N(C)CCc1ccc(OC)c(OC)c1)C(=O)c1cnccn1. The van der Waals surface area contributed by atoms with Crippen LogP contribution in [-0.4, -0.2) is 72.0 Å². The number of aromatic nitrogens is 2. The zero-order chi connectivity index (χ0) is 22.8. The number of carbonyl (C=O) groups excluding carboxylic acids is 2. The van der Waals surface area contributed by atoms with Crippen LogP contribution in [0.25, 0.3) is 0 Å². The maximum Gasteiger partial charge on any atom is 0.274 e. The molecule has 2 amide bonds. The van der Waals surface area contributed by atoms with Gasteiger partial charge in [0.15, 0.2) is 11.5 Å². The summed E-state index contributed by atoms with van der Waals surface area (Å²) in [5.74, 6) is 1.12. The molecule has 8 nitrogen and oxygen atoms in total. The summed E-state index contributed by atoms with van der Waals surface area (Å²) in [5, 5.41) is 0. The van der Waals surface area contributed by atoms with E-state index in [-0.39, 0.29) is 30.0 Å². The molecule has 0 aliphatic carbocycles. The molecule has 0 spiro atoms. The topological polar surface area (TPSA) is 84.9 Å². The van der Waals surface area contributed by atoms with Crippen molar-refractivity contribution in [3.63, 3.8) is 0 Å². The van der Waals surface area contributed by atoms with E-state index >= 15 is 0 Å². The molecule has 31 heavy (non-hydrogen) atoms. The van der Waals surface area contributed by atoms with Gasteiger partial charge in [0.25, 0.3) is 5.91 Å². The molecule has 8 heteroatoms. The maximum atomic E-state index is 12.8. The van der Waals surface area contributed by atoms with E-state index in [9.17, 15) is 9.59 Å². The highest BCUT2D eigenvalue weighted by Gasteiger charge is 2.23. The van der Waals surface area contributed by atoms with Crippen LogP contribution in [0.1, 0.15) is 42.7 Å². The molecule has 1 aromatic heterocycles. The molecule has 0 saturated carbocycles. The summed E-state index contributed by atoms with van der Waals surface area (Å²) in [6.07, 6.45) is 6.20. The van der Waals surface area contributed by atoms with Crippen molar-refractivity contribution >= 4 is 11.8 Å². The first-order chi connectivity index (χ1) is 14.9. The number of rotatable bonds is 11. The molecule has 0 saturated heterocycles. The molecule has 168 valence electrons. The Hall–Kier alpha value is -3.16. The van der Waals surface area contributed by atoms with E-state index in [1.54, 1.807) is 31.1 Å². The van der Waals surface area contributed by atoms with E-state index in [1.807, 2.05) is 32.0 Å². The highest BCUT2D eigenvalue weighted by atomic mass is 16.5. The van der Waals surface area contributed by atoms with Crippen molar-refractivity contribution in [3.05, 3.63) is 48.0 Å². The molecule has 0 aliphatic heterocycles. The minimum atomic E-state index is -0.205. The average Bonchev–Trinajstić information content (AvgIpc) is 2.82. The number of hydrogen-bond acceptors (Lipinski definition) is 6. The van der Waals surface area contributed by atoms with E-state index in [2.05, 4.69) is 9.97 Å². The summed E-state index contributed by atoms with van der Waals surface area (Å²) in [6.45, 7) is 4.89. The summed E-state index contributed by atoms with van der Waals surface area (Å²) in [7, 11) is 4.98. The quantitative estimate of drug-likeness (QED) is 0.547. The fourth-order valence-electron chi connectivity index (χ4n) is 3.16. The second-order valence-electron chi connectivity index (χ2n) is 7.35. The fourth-order valence-corrected chi connectivity index (χ4v) is 3.16. The average molecular weight is 429 g/mol. The first-order valence-corrected chi connectivity index (χ1v) is 10.4. The molecular weight excluding hydrogens is 396 g/mol. The van der Waals surface area contributed by atoms with Gasteiger partial charge in [-0.15, -0.1) is 0 Å². The van der Waals surface area contributed by atoms with Crippen LogP contribution in [0.5, 0.6) is 11.5 Å². The van der Waals surface area contributed by atoms with Crippen molar-refractivity contribution in [2.24, 2.45) is 0 Å². The fraction of sp³-hybridized carbons (Fsp3) is 0.478. The third-order valence-corrected chi connectivity index (χ3v) is 5.34. The van der Waals surface area contributed by atoms with Crippen molar-refractivity contribution in [3.8, 4) is 11.5 Å². The van der Waals surface area contributed by atoms with Gasteiger partial charge in [0, 0.05) is 45.0 Å². The molecule has 0 aliphatic rings. The predicted molar refractivity (Wildman–Crippen MR) is 118 cm³/mol. The van der Waals surface area contributed by atoms with Gasteiger partial charge in [-0.3, -0.25) is 14.6 Å². The summed E-state index contributed by atoms with van der Waals surface area (Å²) in [4.78, 5) is 37.0. The lowest BCUT2D eigenvalue weighted by molar-refractivity contribution is -0.130. The van der Waals surface area contributed by atoms with Crippen LogP contribution < -0.4 is 9.47 Å². The number of benzene rings is 1. The van der Waals surface area contributed by atoms with Gasteiger partial charge in [-0.1, -0.05) is 13.0 Å². The van der Waals surface area contributed by atoms with Crippen molar-refractivity contribution in [1.29, 1.82) is 0 Å². The Kier molecular flexibility index (Phi) is 9.24. The Bertz CT molecular complexity index is 860. The van der Waals surface area contributed by atoms with Gasteiger partial charge >= 0.3 is 0 Å². The lowest BCUT2D eigenvalue weighted by Gasteiger charge is -2.29. The molecule has 0 radical (unpaired) electrons. The Balaban J connectivity index is 1.94. The standard InChI is InChI=1S/C23H32N4O4/c1-6-17(2)27(23(29)19-16-24-11-12-25-19)14-10-22(28)26(3)13-9-18-7-8-20(30-4)21(15-18)31-5/h7-8,11-12,15-17H,6,9-10,13-14H2,1-5H3. The number of amides is 2. The second-order valence-corrected chi connectivity index (χ2v) is 7.35. The van der Waals surface area contributed by atoms with Crippen LogP contribution in [0.3, 0.4) is 0 Å². The van der Waals surface area contributed by atoms with E-state index in [4.69, 9.17) is 9.47 Å². The Morgan fingerprint density at radius 3 is 2.45 bits per heavy atom. The van der Waals surface area contributed by atoms with Crippen LogP contribution in [0.2, 0.25) is 0 Å². The molecule has 0 bridgehead atoms. The lowest BCUT2D eigenvalue weighted by Crippen LogP contribution is -2.41. The lowest BCUT2D eigenvalue weighted by atomic mass is 10.1. The van der Waals surface area contributed by atoms with Crippen LogP contribution in [0.4, 0.5) is 0 Å². The maximum absolute atomic E-state index is 12.8. The summed E-state index contributed by atoms with van der Waals surface area (Å²) < 4.78 is 10.6. The van der Waals surface area contributed by atoms with Gasteiger partial charge in [0.2, 0.25) is 5.91 Å². The number of hydrogen-bond donors (Lipinski definition) is 0. The Morgan fingerprint density at radius 2 is 1.84 bits per heavy atom. The van der Waals surface area contributed by atoms with E-state index < -0.39 is 0 Å². The van der Waals surface area contributed by atoms with Crippen LogP contribution in [0.15, 0.2) is 36.8 Å². The van der Waals surface area contributed by atoms with Crippen molar-refractivity contribution in [1.82, 2.24) is 19.8 Å². The monoisotopic (exact) mass is 428 g/mol. The molecule has 1 unspecified atom stereocenters. The van der Waals surface area contributed by atoms with Gasteiger partial charge in [-0.25, -0.2) is 4.98 Å². The first kappa shape index (κ1) is 24.1. The van der Waals surface area contributed by atoms with Gasteiger partial charge < -0.3 is 19.3 Å². The Morgan fingerprint density at radius 1 is 1.10 bits per heavy atom. The largest absolute Gasteiger partial charge is 0.493 e. The van der Waals surface area contributed by atoms with E-state index in [0.29, 0.717) is 31.0 Å². The molecule has 1 heterocycles. The number of methoxy groups -OCH3 is 2. The van der Waals surface area contributed by atoms with Crippen molar-refractivity contribution in [2.75, 3.05) is 34.4 Å². The molecule has 2 aromatic rings. The number of nitrogens with zero attached hydrogens (tertiary/aromatic N) is 4. The van der Waals surface area contributed by atoms with Gasteiger partial charge in [-0.2, -0.15) is 0 Å². The van der Waals surface area contributed by atoms with E-state index in [1.165, 1.54) is 18.6 Å². The molecular formula is C23H32N4O4. The number of likely N-dealkylation sites (N-methyl/N-ethyl adjacent to an activating group) is 1. The molecule has 1 aromatic carbocycles. The van der Waals surface area contributed by atoms with E-state index in [0.717, 1.165) is 12.0 Å². The predicted octanol–water partition coefficient (Wildman–Crippen LogP) is 2.83. The summed E-state index contributed by atoms with van der Waals surface area (Å²) >= 11 is 0. The summed E-state index contributed by atoms with van der Waals surface area (Å²) in [5.41, 5.74) is 1.34. The molecule has 1 atom stereocenters. The zero-order valence-electron chi connectivity index (χ0n) is 19.0. The number of carbonyl (C=O) groups is 2. The van der Waals surface area contributed by atoms with Gasteiger partial charge in [0.05, 0.1) is 20.4 Å². The third-order valence-electron chi connectivity index (χ3n) is 5.34. The minimum Gasteiger partial charge on any atom is -0.493 e. The first-order valence-electron chi connectivity index (χ1n) is 10.4.